The van der Waals surface area contributed by atoms with Gasteiger partial charge in [0, 0.05) is 32.4 Å². The largest absolute Gasteiger partial charge is 0.339 e. The molecule has 2 N–H and O–H groups in total. The monoisotopic (exact) mass is 288 g/mol. The third kappa shape index (κ3) is 2.85. The van der Waals surface area contributed by atoms with Crippen molar-refractivity contribution < 1.29 is 0 Å². The van der Waals surface area contributed by atoms with Crippen molar-refractivity contribution in [1.82, 2.24) is 19.8 Å². The molecule has 3 aliphatic heterocycles. The third-order valence-electron chi connectivity index (χ3n) is 4.20. The smallest absolute Gasteiger partial charge is 0.152 e. The summed E-state index contributed by atoms with van der Waals surface area (Å²) in [5.41, 5.74) is 7.28. The predicted molar refractivity (Wildman–Crippen MR) is 83.8 cm³/mol. The summed E-state index contributed by atoms with van der Waals surface area (Å²) in [4.78, 5) is 9.05. The van der Waals surface area contributed by atoms with Crippen LogP contribution in [0.25, 0.3) is 0 Å². The van der Waals surface area contributed by atoms with Crippen LogP contribution in [0.15, 0.2) is 16.9 Å². The van der Waals surface area contributed by atoms with E-state index in [0.717, 1.165) is 45.0 Å². The molecular weight excluding hydrogens is 264 g/mol. The van der Waals surface area contributed by atoms with Crippen molar-refractivity contribution in [3.8, 4) is 11.8 Å². The van der Waals surface area contributed by atoms with Crippen molar-refractivity contribution in [2.45, 2.75) is 25.8 Å². The zero-order valence-corrected chi connectivity index (χ0v) is 12.9. The normalized spacial score (nSPS) is 26.0. The van der Waals surface area contributed by atoms with Crippen LogP contribution in [0.4, 0.5) is 0 Å². The number of fused-ring (bicyclic) bond motifs is 1. The number of aliphatic imine (C=N–C) groups is 1. The Bertz CT molecular complexity index is 514. The Hall–Kier alpha value is -1.71. The van der Waals surface area contributed by atoms with Crippen LogP contribution in [0.5, 0.6) is 0 Å². The topological polar surface area (TPSA) is 51.3 Å². The van der Waals surface area contributed by atoms with E-state index in [2.05, 4.69) is 49.9 Å². The first-order chi connectivity index (χ1) is 10.2. The molecule has 6 nitrogen and oxygen atoms in total. The Morgan fingerprint density at radius 2 is 2.33 bits per heavy atom. The van der Waals surface area contributed by atoms with Crippen molar-refractivity contribution in [2.24, 2.45) is 10.7 Å². The number of rotatable bonds is 2. The number of hydrazine groups is 1. The summed E-state index contributed by atoms with van der Waals surface area (Å²) >= 11 is 0. The lowest BCUT2D eigenvalue weighted by Crippen LogP contribution is -2.55. The molecule has 0 unspecified atom stereocenters. The van der Waals surface area contributed by atoms with E-state index < -0.39 is 0 Å². The number of likely N-dealkylation sites (N-methyl/N-ethyl adjacent to an activating group) is 1. The molecule has 1 saturated heterocycles. The van der Waals surface area contributed by atoms with Crippen LogP contribution >= 0.6 is 0 Å². The Morgan fingerprint density at radius 3 is 3.10 bits per heavy atom. The van der Waals surface area contributed by atoms with E-state index in [9.17, 15) is 0 Å². The Labute approximate surface area is 126 Å². The molecule has 0 spiro atoms. The Balaban J connectivity index is 1.78. The van der Waals surface area contributed by atoms with Crippen molar-refractivity contribution in [2.75, 3.05) is 40.0 Å². The van der Waals surface area contributed by atoms with Crippen LogP contribution in [0, 0.1) is 11.8 Å². The van der Waals surface area contributed by atoms with Gasteiger partial charge in [0.05, 0.1) is 12.2 Å². The summed E-state index contributed by atoms with van der Waals surface area (Å²) in [6.07, 6.45) is 4.50. The number of nitrogens with two attached hydrogens (primary N) is 1. The molecule has 1 fully saturated rings. The van der Waals surface area contributed by atoms with E-state index in [1.165, 1.54) is 5.70 Å². The molecule has 0 radical (unpaired) electrons. The fourth-order valence-electron chi connectivity index (χ4n) is 3.08. The van der Waals surface area contributed by atoms with Crippen molar-refractivity contribution >= 4 is 5.84 Å². The summed E-state index contributed by atoms with van der Waals surface area (Å²) < 4.78 is 0. The van der Waals surface area contributed by atoms with Gasteiger partial charge in [0.15, 0.2) is 5.84 Å². The van der Waals surface area contributed by atoms with E-state index in [-0.39, 0.29) is 6.04 Å². The second kappa shape index (κ2) is 5.96. The average Bonchev–Trinajstić information content (AvgIpc) is 2.88. The summed E-state index contributed by atoms with van der Waals surface area (Å²) in [5.74, 6) is 7.16. The molecule has 6 heteroatoms. The Kier molecular flexibility index (Phi) is 4.04. The molecule has 0 amide bonds. The lowest BCUT2D eigenvalue weighted by Gasteiger charge is -2.44. The van der Waals surface area contributed by atoms with Gasteiger partial charge in [-0.1, -0.05) is 5.92 Å². The molecule has 0 aromatic carbocycles. The lowest BCUT2D eigenvalue weighted by atomic mass is 10.1. The quantitative estimate of drug-likeness (QED) is 0.729. The molecule has 0 aromatic rings. The van der Waals surface area contributed by atoms with Crippen molar-refractivity contribution in [1.29, 1.82) is 0 Å². The highest BCUT2D eigenvalue weighted by Gasteiger charge is 2.32. The highest BCUT2D eigenvalue weighted by Crippen LogP contribution is 2.23. The lowest BCUT2D eigenvalue weighted by molar-refractivity contribution is -0.0280. The van der Waals surface area contributed by atoms with Gasteiger partial charge in [-0.2, -0.15) is 0 Å². The van der Waals surface area contributed by atoms with Crippen LogP contribution < -0.4 is 5.73 Å². The van der Waals surface area contributed by atoms with Gasteiger partial charge in [-0.3, -0.25) is 5.01 Å². The van der Waals surface area contributed by atoms with Gasteiger partial charge in [-0.15, -0.1) is 5.92 Å². The first kappa shape index (κ1) is 14.2. The Morgan fingerprint density at radius 1 is 1.48 bits per heavy atom. The van der Waals surface area contributed by atoms with Crippen molar-refractivity contribution in [3.63, 3.8) is 0 Å². The van der Waals surface area contributed by atoms with Crippen LogP contribution in [0.2, 0.25) is 0 Å². The molecule has 3 rings (SSSR count). The highest BCUT2D eigenvalue weighted by molar-refractivity contribution is 5.99. The maximum Gasteiger partial charge on any atom is 0.152 e. The van der Waals surface area contributed by atoms with E-state index in [4.69, 9.17) is 5.73 Å². The maximum absolute atomic E-state index is 6.11. The maximum atomic E-state index is 6.11. The van der Waals surface area contributed by atoms with E-state index >= 15 is 0 Å². The second-order valence-corrected chi connectivity index (χ2v) is 5.86. The number of piperidine rings is 1. The van der Waals surface area contributed by atoms with Gasteiger partial charge in [0.1, 0.15) is 13.3 Å². The van der Waals surface area contributed by atoms with E-state index in [1.807, 2.05) is 6.92 Å². The molecular formula is C15H24N6. The third-order valence-corrected chi connectivity index (χ3v) is 4.20. The fraction of sp³-hybridized carbons (Fsp3) is 0.667. The molecule has 3 aliphatic rings. The molecule has 21 heavy (non-hydrogen) atoms. The summed E-state index contributed by atoms with van der Waals surface area (Å²) in [6.45, 7) is 6.15. The minimum Gasteiger partial charge on any atom is -0.339 e. The SMILES string of the molecule is CC#CCN1CN=C2C1=CN(N1CCC[C@@H](N)C1)CN2C. The van der Waals surface area contributed by atoms with Gasteiger partial charge < -0.3 is 15.5 Å². The van der Waals surface area contributed by atoms with Gasteiger partial charge in [0.2, 0.25) is 0 Å². The zero-order chi connectivity index (χ0) is 14.8. The summed E-state index contributed by atoms with van der Waals surface area (Å²) in [6, 6.07) is 0.281. The van der Waals surface area contributed by atoms with Crippen molar-refractivity contribution in [3.05, 3.63) is 11.9 Å². The minimum absolute atomic E-state index is 0.281. The second-order valence-electron chi connectivity index (χ2n) is 5.86. The van der Waals surface area contributed by atoms with Gasteiger partial charge in [0.25, 0.3) is 0 Å². The van der Waals surface area contributed by atoms with Crippen LogP contribution in [-0.4, -0.2) is 71.7 Å². The first-order valence-corrected chi connectivity index (χ1v) is 7.58. The molecule has 114 valence electrons. The van der Waals surface area contributed by atoms with Crippen LogP contribution in [-0.2, 0) is 0 Å². The molecule has 0 saturated carbocycles. The minimum atomic E-state index is 0.281. The predicted octanol–water partition coefficient (Wildman–Crippen LogP) is 0.0657. The molecule has 0 aromatic heterocycles. The zero-order valence-electron chi connectivity index (χ0n) is 12.9. The molecule has 0 aliphatic carbocycles. The fourth-order valence-corrected chi connectivity index (χ4v) is 3.08. The molecule has 1 atom stereocenters. The summed E-state index contributed by atoms with van der Waals surface area (Å²) in [7, 11) is 2.09. The van der Waals surface area contributed by atoms with Gasteiger partial charge in [-0.25, -0.2) is 10.0 Å². The van der Waals surface area contributed by atoms with E-state index in [0.29, 0.717) is 6.67 Å². The van der Waals surface area contributed by atoms with Gasteiger partial charge in [-0.05, 0) is 19.8 Å². The number of amidine groups is 1. The molecule has 3 heterocycles. The average molecular weight is 288 g/mol. The van der Waals surface area contributed by atoms with Crippen LogP contribution in [0.3, 0.4) is 0 Å². The van der Waals surface area contributed by atoms with E-state index in [1.54, 1.807) is 0 Å². The number of nitrogens with zero attached hydrogens (tertiary/aromatic N) is 5. The number of hydrogen-bond donors (Lipinski definition) is 1. The van der Waals surface area contributed by atoms with Crippen LogP contribution in [0.1, 0.15) is 19.8 Å². The first-order valence-electron chi connectivity index (χ1n) is 7.58. The summed E-state index contributed by atoms with van der Waals surface area (Å²) in [5, 5.41) is 4.64. The molecule has 0 bridgehead atoms. The highest BCUT2D eigenvalue weighted by atomic mass is 15.7. The number of hydrogen-bond acceptors (Lipinski definition) is 6. The van der Waals surface area contributed by atoms with Gasteiger partial charge >= 0.3 is 0 Å². The standard InChI is InChI=1S/C15H24N6/c1-3-4-7-19-11-17-15-14(19)10-21(12-18(15)2)20-8-5-6-13(16)9-20/h10,13H,5-9,11-12,16H2,1-2H3/t13-/m1/s1.